The lowest BCUT2D eigenvalue weighted by atomic mass is 10.2. The summed E-state index contributed by atoms with van der Waals surface area (Å²) in [6, 6.07) is -0.175. The maximum absolute atomic E-state index is 11.2. The molecule has 1 fully saturated rings. The number of carbonyl (C=O) groups is 2. The second-order valence-electron chi connectivity index (χ2n) is 4.03. The number of halogens is 1. The van der Waals surface area contributed by atoms with Crippen molar-refractivity contribution in [2.45, 2.75) is 12.5 Å². The van der Waals surface area contributed by atoms with Gasteiger partial charge in [0, 0.05) is 13.1 Å². The van der Waals surface area contributed by atoms with Crippen LogP contribution >= 0.6 is 15.9 Å². The molecule has 0 unspecified atom stereocenters. The molecule has 0 aromatic carbocycles. The van der Waals surface area contributed by atoms with Crippen molar-refractivity contribution in [2.24, 2.45) is 5.73 Å². The van der Waals surface area contributed by atoms with Crippen LogP contribution in [0, 0.1) is 0 Å². The summed E-state index contributed by atoms with van der Waals surface area (Å²) < 4.78 is 1.73. The van der Waals surface area contributed by atoms with Crippen molar-refractivity contribution < 1.29 is 14.7 Å². The van der Waals surface area contributed by atoms with E-state index in [1.807, 2.05) is 0 Å². The quantitative estimate of drug-likeness (QED) is 0.720. The topological polar surface area (TPSA) is 127 Å². The molecule has 1 aromatic rings. The first-order chi connectivity index (χ1) is 8.41. The van der Waals surface area contributed by atoms with Crippen molar-refractivity contribution in [1.82, 2.24) is 14.7 Å². The standard InChI is InChI=1S/C9H12BrN5O3/c10-6-5(8(12)16)7(11)15(13-6)4-1-2-14(3-4)9(17)18/h4H,1-3,11H2,(H2,12,16)(H,17,18)/t4-/m0/s1. The number of nitrogen functional groups attached to an aromatic ring is 1. The van der Waals surface area contributed by atoms with E-state index in [-0.39, 0.29) is 22.0 Å². The van der Waals surface area contributed by atoms with E-state index >= 15 is 0 Å². The molecule has 0 bridgehead atoms. The van der Waals surface area contributed by atoms with Crippen molar-refractivity contribution >= 4 is 33.7 Å². The molecular formula is C9H12BrN5O3. The third-order valence-corrected chi connectivity index (χ3v) is 3.49. The van der Waals surface area contributed by atoms with Crippen LogP contribution in [0.3, 0.4) is 0 Å². The fourth-order valence-electron chi connectivity index (χ4n) is 2.04. The van der Waals surface area contributed by atoms with Crippen molar-refractivity contribution in [2.75, 3.05) is 18.8 Å². The lowest BCUT2D eigenvalue weighted by molar-refractivity contribution is 0.1000. The molecule has 2 rings (SSSR count). The van der Waals surface area contributed by atoms with Gasteiger partial charge >= 0.3 is 6.09 Å². The molecule has 0 saturated carbocycles. The molecule has 0 radical (unpaired) electrons. The molecule has 1 aliphatic heterocycles. The molecule has 5 N–H and O–H groups in total. The number of likely N-dealkylation sites (tertiary alicyclic amines) is 1. The van der Waals surface area contributed by atoms with Crippen LogP contribution in [0.15, 0.2) is 4.60 Å². The third-order valence-electron chi connectivity index (χ3n) is 2.93. The second-order valence-corrected chi connectivity index (χ2v) is 4.78. The van der Waals surface area contributed by atoms with Crippen molar-refractivity contribution in [3.8, 4) is 0 Å². The number of rotatable bonds is 2. The highest BCUT2D eigenvalue weighted by Gasteiger charge is 2.31. The Labute approximate surface area is 111 Å². The molecular weight excluding hydrogens is 306 g/mol. The number of nitrogens with two attached hydrogens (primary N) is 2. The summed E-state index contributed by atoms with van der Waals surface area (Å²) in [7, 11) is 0. The van der Waals surface area contributed by atoms with E-state index in [0.717, 1.165) is 0 Å². The van der Waals surface area contributed by atoms with E-state index in [2.05, 4.69) is 21.0 Å². The van der Waals surface area contributed by atoms with Gasteiger partial charge in [-0.05, 0) is 22.4 Å². The highest BCUT2D eigenvalue weighted by molar-refractivity contribution is 9.10. The molecule has 18 heavy (non-hydrogen) atoms. The number of amides is 2. The zero-order chi connectivity index (χ0) is 13.4. The molecule has 1 atom stereocenters. The SMILES string of the molecule is NC(=O)c1c(Br)nn([C@H]2CCN(C(=O)O)C2)c1N. The van der Waals surface area contributed by atoms with Crippen LogP contribution in [0.4, 0.5) is 10.6 Å². The first-order valence-corrected chi connectivity index (χ1v) is 6.02. The summed E-state index contributed by atoms with van der Waals surface area (Å²) in [5, 5.41) is 13.0. The predicted octanol–water partition coefficient (Wildman–Crippen LogP) is 0.251. The highest BCUT2D eigenvalue weighted by Crippen LogP contribution is 2.29. The zero-order valence-electron chi connectivity index (χ0n) is 9.34. The Morgan fingerprint density at radius 1 is 1.50 bits per heavy atom. The average molecular weight is 318 g/mol. The van der Waals surface area contributed by atoms with Gasteiger partial charge in [-0.15, -0.1) is 0 Å². The van der Waals surface area contributed by atoms with Crippen LogP contribution in [0.2, 0.25) is 0 Å². The predicted molar refractivity (Wildman–Crippen MR) is 66.1 cm³/mol. The van der Waals surface area contributed by atoms with Gasteiger partial charge in [0.1, 0.15) is 16.0 Å². The largest absolute Gasteiger partial charge is 0.465 e. The Balaban J connectivity index is 2.28. The summed E-state index contributed by atoms with van der Waals surface area (Å²) in [6.45, 7) is 0.717. The number of nitrogens with zero attached hydrogens (tertiary/aromatic N) is 3. The number of aromatic nitrogens is 2. The second kappa shape index (κ2) is 4.48. The van der Waals surface area contributed by atoms with Crippen molar-refractivity contribution in [1.29, 1.82) is 0 Å². The van der Waals surface area contributed by atoms with Crippen LogP contribution in [0.25, 0.3) is 0 Å². The highest BCUT2D eigenvalue weighted by atomic mass is 79.9. The Kier molecular flexibility index (Phi) is 3.16. The van der Waals surface area contributed by atoms with Gasteiger partial charge < -0.3 is 21.5 Å². The number of primary amides is 1. The molecule has 2 heterocycles. The molecule has 2 amide bonds. The van der Waals surface area contributed by atoms with E-state index < -0.39 is 12.0 Å². The maximum Gasteiger partial charge on any atom is 0.407 e. The summed E-state index contributed by atoms with van der Waals surface area (Å²) in [4.78, 5) is 23.3. The van der Waals surface area contributed by atoms with Gasteiger partial charge in [-0.25, -0.2) is 9.48 Å². The fourth-order valence-corrected chi connectivity index (χ4v) is 2.61. The molecule has 0 aliphatic carbocycles. The molecule has 1 aliphatic rings. The number of hydrogen-bond donors (Lipinski definition) is 3. The van der Waals surface area contributed by atoms with Gasteiger partial charge in [-0.2, -0.15) is 5.10 Å². The van der Waals surface area contributed by atoms with E-state index in [9.17, 15) is 9.59 Å². The van der Waals surface area contributed by atoms with E-state index in [4.69, 9.17) is 16.6 Å². The number of carbonyl (C=O) groups excluding carboxylic acids is 1. The molecule has 0 spiro atoms. The minimum Gasteiger partial charge on any atom is -0.465 e. The van der Waals surface area contributed by atoms with Crippen LogP contribution in [0.5, 0.6) is 0 Å². The van der Waals surface area contributed by atoms with Crippen LogP contribution < -0.4 is 11.5 Å². The Bertz CT molecular complexity index is 515. The van der Waals surface area contributed by atoms with Gasteiger partial charge in [0.2, 0.25) is 0 Å². The van der Waals surface area contributed by atoms with Crippen molar-refractivity contribution in [3.63, 3.8) is 0 Å². The molecule has 98 valence electrons. The summed E-state index contributed by atoms with van der Waals surface area (Å²) in [5.74, 6) is -0.509. The van der Waals surface area contributed by atoms with Gasteiger partial charge in [-0.1, -0.05) is 0 Å². The lowest BCUT2D eigenvalue weighted by Gasteiger charge is -2.13. The first kappa shape index (κ1) is 12.7. The summed E-state index contributed by atoms with van der Waals surface area (Å²) in [6.07, 6.45) is -0.375. The Hall–Kier alpha value is -1.77. The minimum atomic E-state index is -0.975. The Morgan fingerprint density at radius 2 is 2.17 bits per heavy atom. The summed E-state index contributed by atoms with van der Waals surface area (Å²) in [5.41, 5.74) is 11.1. The van der Waals surface area contributed by atoms with E-state index in [1.165, 1.54) is 9.58 Å². The average Bonchev–Trinajstić information content (AvgIpc) is 2.83. The van der Waals surface area contributed by atoms with Crippen LogP contribution in [-0.4, -0.2) is 44.9 Å². The molecule has 1 aromatic heterocycles. The van der Waals surface area contributed by atoms with Gasteiger partial charge in [0.05, 0.1) is 6.04 Å². The summed E-state index contributed by atoms with van der Waals surface area (Å²) >= 11 is 3.12. The number of hydrogen-bond acceptors (Lipinski definition) is 4. The van der Waals surface area contributed by atoms with E-state index in [0.29, 0.717) is 19.5 Å². The lowest BCUT2D eigenvalue weighted by Crippen LogP contribution is -2.27. The molecule has 1 saturated heterocycles. The minimum absolute atomic E-state index is 0.128. The fraction of sp³-hybridized carbons (Fsp3) is 0.444. The smallest absolute Gasteiger partial charge is 0.407 e. The van der Waals surface area contributed by atoms with Crippen LogP contribution in [0.1, 0.15) is 22.8 Å². The monoisotopic (exact) mass is 317 g/mol. The molecule has 8 nitrogen and oxygen atoms in total. The van der Waals surface area contributed by atoms with Crippen LogP contribution in [-0.2, 0) is 0 Å². The van der Waals surface area contributed by atoms with Gasteiger partial charge in [0.25, 0.3) is 5.91 Å². The maximum atomic E-state index is 11.2. The number of carboxylic acid groups (broad SMARTS) is 1. The van der Waals surface area contributed by atoms with Crippen molar-refractivity contribution in [3.05, 3.63) is 10.2 Å². The zero-order valence-corrected chi connectivity index (χ0v) is 10.9. The molecule has 9 heteroatoms. The van der Waals surface area contributed by atoms with Gasteiger partial charge in [-0.3, -0.25) is 4.79 Å². The van der Waals surface area contributed by atoms with Gasteiger partial charge in [0.15, 0.2) is 0 Å². The Morgan fingerprint density at radius 3 is 2.61 bits per heavy atom. The van der Waals surface area contributed by atoms with E-state index in [1.54, 1.807) is 0 Å². The first-order valence-electron chi connectivity index (χ1n) is 5.23. The third kappa shape index (κ3) is 2.01. The normalized spacial score (nSPS) is 19.2. The number of anilines is 1.